The highest BCUT2D eigenvalue weighted by atomic mass is 16.5. The summed E-state index contributed by atoms with van der Waals surface area (Å²) in [6, 6.07) is 3.84. The van der Waals surface area contributed by atoms with E-state index in [1.807, 2.05) is 12.1 Å². The molecule has 0 unspecified atom stereocenters. The number of rotatable bonds is 5. The van der Waals surface area contributed by atoms with E-state index in [0.717, 1.165) is 31.6 Å². The average molecular weight is 322 g/mol. The average Bonchev–Trinajstić information content (AvgIpc) is 3.19. The molecule has 23 heavy (non-hydrogen) atoms. The molecule has 1 amide bonds. The van der Waals surface area contributed by atoms with Crippen molar-refractivity contribution in [2.45, 2.75) is 38.0 Å². The van der Waals surface area contributed by atoms with Crippen LogP contribution in [0, 0.1) is 5.92 Å². The third-order valence-corrected chi connectivity index (χ3v) is 5.04. The fourth-order valence-electron chi connectivity index (χ4n) is 3.68. The Balaban J connectivity index is 1.58. The molecule has 2 fully saturated rings. The van der Waals surface area contributed by atoms with Crippen LogP contribution < -0.4 is 0 Å². The Labute approximate surface area is 137 Å². The van der Waals surface area contributed by atoms with Gasteiger partial charge >= 0.3 is 0 Å². The topological polar surface area (TPSA) is 66.2 Å². The van der Waals surface area contributed by atoms with Crippen molar-refractivity contribution in [2.24, 2.45) is 5.92 Å². The minimum atomic E-state index is -0.264. The Kier molecular flexibility index (Phi) is 5.35. The number of amides is 1. The molecular weight excluding hydrogens is 296 g/mol. The molecule has 128 valence electrons. The van der Waals surface area contributed by atoms with Gasteiger partial charge in [0.15, 0.2) is 0 Å². The molecule has 1 aromatic rings. The summed E-state index contributed by atoms with van der Waals surface area (Å²) in [6.45, 7) is 2.85. The molecule has 1 saturated carbocycles. The summed E-state index contributed by atoms with van der Waals surface area (Å²) in [4.78, 5) is 16.4. The molecule has 0 aromatic carbocycles. The first-order valence-corrected chi connectivity index (χ1v) is 8.41. The fourth-order valence-corrected chi connectivity index (χ4v) is 3.68. The minimum absolute atomic E-state index is 0.0702. The number of hydrogen-bond donors (Lipinski definition) is 1. The van der Waals surface area contributed by atoms with Crippen LogP contribution in [0.4, 0.5) is 0 Å². The zero-order valence-electron chi connectivity index (χ0n) is 13.7. The summed E-state index contributed by atoms with van der Waals surface area (Å²) in [5.74, 6) is 1.07. The maximum atomic E-state index is 12.5. The molecule has 1 aliphatic carbocycles. The summed E-state index contributed by atoms with van der Waals surface area (Å²) >= 11 is 0. The van der Waals surface area contributed by atoms with Gasteiger partial charge in [0.05, 0.1) is 38.7 Å². The number of carbonyl (C=O) groups is 1. The van der Waals surface area contributed by atoms with Crippen molar-refractivity contribution in [1.29, 1.82) is 0 Å². The first kappa shape index (κ1) is 16.5. The lowest BCUT2D eigenvalue weighted by Gasteiger charge is -2.40. The summed E-state index contributed by atoms with van der Waals surface area (Å²) in [5, 5.41) is 10.2. The van der Waals surface area contributed by atoms with Crippen molar-refractivity contribution in [3.05, 3.63) is 24.2 Å². The van der Waals surface area contributed by atoms with Crippen LogP contribution in [-0.4, -0.2) is 66.3 Å². The normalized spacial score (nSPS) is 28.9. The van der Waals surface area contributed by atoms with Gasteiger partial charge in [0.2, 0.25) is 5.91 Å². The SMILES string of the molecule is CN(Cc1ccco1)C(=O)CN1CCOC[C@@H]1[C@H]1CCC[C@@H]1O. The van der Waals surface area contributed by atoms with E-state index in [2.05, 4.69) is 4.90 Å². The molecule has 0 radical (unpaired) electrons. The number of aliphatic hydroxyl groups is 1. The molecule has 2 aliphatic rings. The largest absolute Gasteiger partial charge is 0.467 e. The van der Waals surface area contributed by atoms with Crippen LogP contribution in [0.2, 0.25) is 0 Å². The smallest absolute Gasteiger partial charge is 0.236 e. The highest BCUT2D eigenvalue weighted by Gasteiger charge is 2.38. The van der Waals surface area contributed by atoms with Gasteiger partial charge in [0.1, 0.15) is 5.76 Å². The minimum Gasteiger partial charge on any atom is -0.467 e. The van der Waals surface area contributed by atoms with Gasteiger partial charge < -0.3 is 19.2 Å². The van der Waals surface area contributed by atoms with Gasteiger partial charge in [-0.1, -0.05) is 6.42 Å². The zero-order valence-corrected chi connectivity index (χ0v) is 13.7. The van der Waals surface area contributed by atoms with Crippen LogP contribution in [0.1, 0.15) is 25.0 Å². The van der Waals surface area contributed by atoms with Crippen LogP contribution in [0.15, 0.2) is 22.8 Å². The highest BCUT2D eigenvalue weighted by molar-refractivity contribution is 5.78. The number of morpholine rings is 1. The second kappa shape index (κ2) is 7.47. The third-order valence-electron chi connectivity index (χ3n) is 5.04. The Morgan fingerprint density at radius 2 is 2.35 bits per heavy atom. The molecular formula is C17H26N2O4. The van der Waals surface area contributed by atoms with Crippen molar-refractivity contribution in [2.75, 3.05) is 33.4 Å². The van der Waals surface area contributed by atoms with Gasteiger partial charge in [-0.25, -0.2) is 0 Å². The molecule has 0 spiro atoms. The molecule has 1 aromatic heterocycles. The summed E-state index contributed by atoms with van der Waals surface area (Å²) in [6.07, 6.45) is 4.29. The van der Waals surface area contributed by atoms with Crippen LogP contribution in [0.3, 0.4) is 0 Å². The van der Waals surface area contributed by atoms with E-state index in [1.165, 1.54) is 0 Å². The molecule has 2 heterocycles. The summed E-state index contributed by atoms with van der Waals surface area (Å²) < 4.78 is 10.9. The van der Waals surface area contributed by atoms with E-state index in [0.29, 0.717) is 26.3 Å². The van der Waals surface area contributed by atoms with Crippen LogP contribution in [0.5, 0.6) is 0 Å². The Hall–Kier alpha value is -1.37. The fraction of sp³-hybridized carbons (Fsp3) is 0.706. The van der Waals surface area contributed by atoms with E-state index in [4.69, 9.17) is 9.15 Å². The number of carbonyl (C=O) groups excluding carboxylic acids is 1. The van der Waals surface area contributed by atoms with Gasteiger partial charge in [-0.05, 0) is 25.0 Å². The van der Waals surface area contributed by atoms with Gasteiger partial charge in [-0.15, -0.1) is 0 Å². The number of hydrogen-bond acceptors (Lipinski definition) is 5. The monoisotopic (exact) mass is 322 g/mol. The number of likely N-dealkylation sites (N-methyl/N-ethyl adjacent to an activating group) is 1. The molecule has 3 rings (SSSR count). The van der Waals surface area contributed by atoms with Crippen molar-refractivity contribution in [3.63, 3.8) is 0 Å². The van der Waals surface area contributed by atoms with Crippen LogP contribution in [-0.2, 0) is 16.1 Å². The predicted octanol–water partition coefficient (Wildman–Crippen LogP) is 1.10. The molecule has 6 heteroatoms. The maximum absolute atomic E-state index is 12.5. The third kappa shape index (κ3) is 3.94. The highest BCUT2D eigenvalue weighted by Crippen LogP contribution is 2.32. The lowest BCUT2D eigenvalue weighted by atomic mass is 9.94. The van der Waals surface area contributed by atoms with Crippen molar-refractivity contribution in [3.8, 4) is 0 Å². The van der Waals surface area contributed by atoms with Gasteiger partial charge in [0, 0.05) is 25.6 Å². The predicted molar refractivity (Wildman–Crippen MR) is 84.7 cm³/mol. The van der Waals surface area contributed by atoms with Crippen molar-refractivity contribution >= 4 is 5.91 Å². The number of nitrogens with zero attached hydrogens (tertiary/aromatic N) is 2. The molecule has 1 aliphatic heterocycles. The quantitative estimate of drug-likeness (QED) is 0.879. The second-order valence-corrected chi connectivity index (χ2v) is 6.60. The first-order chi connectivity index (χ1) is 11.1. The van der Waals surface area contributed by atoms with E-state index in [9.17, 15) is 9.90 Å². The van der Waals surface area contributed by atoms with Gasteiger partial charge in [-0.3, -0.25) is 9.69 Å². The van der Waals surface area contributed by atoms with E-state index in [1.54, 1.807) is 18.2 Å². The lowest BCUT2D eigenvalue weighted by molar-refractivity contribution is -0.135. The van der Waals surface area contributed by atoms with Crippen molar-refractivity contribution < 1.29 is 19.1 Å². The summed E-state index contributed by atoms with van der Waals surface area (Å²) in [7, 11) is 1.80. The Morgan fingerprint density at radius 3 is 3.04 bits per heavy atom. The lowest BCUT2D eigenvalue weighted by Crippen LogP contribution is -2.54. The molecule has 1 N–H and O–H groups in total. The molecule has 6 nitrogen and oxygen atoms in total. The summed E-state index contributed by atoms with van der Waals surface area (Å²) in [5.41, 5.74) is 0. The number of furan rings is 1. The first-order valence-electron chi connectivity index (χ1n) is 8.41. The second-order valence-electron chi connectivity index (χ2n) is 6.60. The zero-order chi connectivity index (χ0) is 16.2. The van der Waals surface area contributed by atoms with E-state index >= 15 is 0 Å². The number of ether oxygens (including phenoxy) is 1. The standard InChI is InChI=1S/C17H26N2O4/c1-18(10-13-4-3-8-23-13)17(21)11-19-7-9-22-12-15(19)14-5-2-6-16(14)20/h3-4,8,14-16,20H,2,5-7,9-12H2,1H3/t14-,15-,16+/m1/s1. The van der Waals surface area contributed by atoms with E-state index in [-0.39, 0.29) is 24.0 Å². The molecule has 0 bridgehead atoms. The van der Waals surface area contributed by atoms with Gasteiger partial charge in [-0.2, -0.15) is 0 Å². The molecule has 3 atom stereocenters. The van der Waals surface area contributed by atoms with Gasteiger partial charge in [0.25, 0.3) is 0 Å². The maximum Gasteiger partial charge on any atom is 0.236 e. The Morgan fingerprint density at radius 1 is 1.48 bits per heavy atom. The molecule has 1 saturated heterocycles. The Bertz CT molecular complexity index is 505. The van der Waals surface area contributed by atoms with Crippen molar-refractivity contribution in [1.82, 2.24) is 9.80 Å². The van der Waals surface area contributed by atoms with Crippen LogP contribution in [0.25, 0.3) is 0 Å². The number of aliphatic hydroxyl groups excluding tert-OH is 1. The van der Waals surface area contributed by atoms with Crippen LogP contribution >= 0.6 is 0 Å². The van der Waals surface area contributed by atoms with E-state index < -0.39 is 0 Å².